The molecular weight excluding hydrogens is 343 g/mol. The maximum Gasteiger partial charge on any atom is 0.329 e. The first-order valence-electron chi connectivity index (χ1n) is 6.68. The molecule has 5 nitrogen and oxygen atoms in total. The van der Waals surface area contributed by atoms with Crippen LogP contribution in [0.2, 0.25) is 0 Å². The van der Waals surface area contributed by atoms with E-state index in [2.05, 4.69) is 21.2 Å². The number of likely N-dealkylation sites (tertiary alicyclic amines) is 1. The summed E-state index contributed by atoms with van der Waals surface area (Å²) in [6.45, 7) is 2.08. The van der Waals surface area contributed by atoms with Gasteiger partial charge in [-0.2, -0.15) is 0 Å². The highest BCUT2D eigenvalue weighted by molar-refractivity contribution is 9.10. The van der Waals surface area contributed by atoms with E-state index < -0.39 is 23.4 Å². The number of carboxylic acids is 1. The fourth-order valence-corrected chi connectivity index (χ4v) is 3.05. The van der Waals surface area contributed by atoms with Crippen molar-refractivity contribution in [2.24, 2.45) is 0 Å². The quantitative estimate of drug-likeness (QED) is 0.869. The first-order chi connectivity index (χ1) is 9.90. The molecule has 1 unspecified atom stereocenters. The monoisotopic (exact) mass is 358 g/mol. The summed E-state index contributed by atoms with van der Waals surface area (Å²) in [4.78, 5) is 25.2. The van der Waals surface area contributed by atoms with E-state index in [4.69, 9.17) is 0 Å². The van der Waals surface area contributed by atoms with Crippen LogP contribution in [-0.2, 0) is 4.79 Å². The molecule has 7 heteroatoms. The van der Waals surface area contributed by atoms with E-state index in [1.807, 2.05) is 0 Å². The Morgan fingerprint density at radius 2 is 2.24 bits per heavy atom. The van der Waals surface area contributed by atoms with Gasteiger partial charge in [0.2, 0.25) is 0 Å². The molecule has 1 heterocycles. The van der Waals surface area contributed by atoms with E-state index in [1.165, 1.54) is 23.1 Å². The molecule has 21 heavy (non-hydrogen) atoms. The van der Waals surface area contributed by atoms with Crippen molar-refractivity contribution < 1.29 is 19.1 Å². The zero-order chi connectivity index (χ0) is 15.6. The number of benzene rings is 1. The Morgan fingerprint density at radius 3 is 2.86 bits per heavy atom. The maximum atomic E-state index is 13.7. The van der Waals surface area contributed by atoms with Gasteiger partial charge in [-0.3, -0.25) is 0 Å². The first-order valence-corrected chi connectivity index (χ1v) is 7.47. The third kappa shape index (κ3) is 2.88. The molecule has 1 saturated heterocycles. The Labute approximate surface area is 130 Å². The molecule has 2 N–H and O–H groups in total. The molecule has 2 rings (SSSR count). The Bertz CT molecular complexity index is 581. The molecule has 0 saturated carbocycles. The van der Waals surface area contributed by atoms with Gasteiger partial charge in [-0.05, 0) is 37.5 Å². The summed E-state index contributed by atoms with van der Waals surface area (Å²) < 4.78 is 14.3. The highest BCUT2D eigenvalue weighted by Gasteiger charge is 2.48. The fraction of sp³-hybridized carbons (Fsp3) is 0.429. The van der Waals surface area contributed by atoms with Crippen LogP contribution in [0.4, 0.5) is 14.9 Å². The lowest BCUT2D eigenvalue weighted by Gasteiger charge is -2.33. The van der Waals surface area contributed by atoms with Crippen LogP contribution in [0, 0.1) is 5.82 Å². The van der Waals surface area contributed by atoms with Crippen molar-refractivity contribution in [3.63, 3.8) is 0 Å². The van der Waals surface area contributed by atoms with Gasteiger partial charge in [-0.15, -0.1) is 0 Å². The van der Waals surface area contributed by atoms with E-state index in [0.29, 0.717) is 30.3 Å². The molecule has 0 radical (unpaired) electrons. The number of anilines is 1. The highest BCUT2D eigenvalue weighted by atomic mass is 79.9. The lowest BCUT2D eigenvalue weighted by Crippen LogP contribution is -2.54. The zero-order valence-corrected chi connectivity index (χ0v) is 13.1. The largest absolute Gasteiger partial charge is 0.479 e. The summed E-state index contributed by atoms with van der Waals surface area (Å²) in [6, 6.07) is 3.61. The van der Waals surface area contributed by atoms with Crippen molar-refractivity contribution >= 4 is 33.6 Å². The van der Waals surface area contributed by atoms with Crippen molar-refractivity contribution in [1.29, 1.82) is 0 Å². The SMILES string of the molecule is CCC1(C(=O)O)CCCN1C(=O)Nc1cc(Br)ccc1F. The predicted octanol–water partition coefficient (Wildman–Crippen LogP) is 3.45. The lowest BCUT2D eigenvalue weighted by molar-refractivity contribution is -0.148. The van der Waals surface area contributed by atoms with Gasteiger partial charge in [0.25, 0.3) is 0 Å². The number of hydrogen-bond donors (Lipinski definition) is 2. The lowest BCUT2D eigenvalue weighted by atomic mass is 9.93. The maximum absolute atomic E-state index is 13.7. The molecule has 2 amide bonds. The fourth-order valence-electron chi connectivity index (χ4n) is 2.69. The van der Waals surface area contributed by atoms with Crippen LogP contribution in [0.3, 0.4) is 0 Å². The van der Waals surface area contributed by atoms with Gasteiger partial charge in [0.15, 0.2) is 0 Å². The second-order valence-corrected chi connectivity index (χ2v) is 5.92. The Kier molecular flexibility index (Phi) is 4.51. The van der Waals surface area contributed by atoms with Crippen molar-refractivity contribution in [3.05, 3.63) is 28.5 Å². The Hall–Kier alpha value is -1.63. The molecule has 0 aromatic heterocycles. The minimum absolute atomic E-state index is 0.0247. The number of hydrogen-bond acceptors (Lipinski definition) is 2. The molecule has 114 valence electrons. The number of aliphatic carboxylic acids is 1. The second-order valence-electron chi connectivity index (χ2n) is 5.00. The number of halogens is 2. The summed E-state index contributed by atoms with van der Waals surface area (Å²) >= 11 is 3.20. The van der Waals surface area contributed by atoms with Gasteiger partial charge in [-0.1, -0.05) is 22.9 Å². The van der Waals surface area contributed by atoms with Crippen molar-refractivity contribution in [2.75, 3.05) is 11.9 Å². The van der Waals surface area contributed by atoms with Crippen LogP contribution in [0.15, 0.2) is 22.7 Å². The van der Waals surface area contributed by atoms with Crippen LogP contribution >= 0.6 is 15.9 Å². The van der Waals surface area contributed by atoms with Crippen LogP contribution in [-0.4, -0.2) is 34.1 Å². The second kappa shape index (κ2) is 6.01. The smallest absolute Gasteiger partial charge is 0.329 e. The van der Waals surface area contributed by atoms with Gasteiger partial charge in [0.05, 0.1) is 5.69 Å². The van der Waals surface area contributed by atoms with E-state index in [-0.39, 0.29) is 5.69 Å². The van der Waals surface area contributed by atoms with Gasteiger partial charge >= 0.3 is 12.0 Å². The number of nitrogens with one attached hydrogen (secondary N) is 1. The minimum atomic E-state index is -1.20. The third-order valence-corrected chi connectivity index (χ3v) is 4.38. The molecule has 1 aliphatic rings. The Morgan fingerprint density at radius 1 is 1.52 bits per heavy atom. The number of rotatable bonds is 3. The number of amides is 2. The topological polar surface area (TPSA) is 69.6 Å². The number of urea groups is 1. The average Bonchev–Trinajstić information content (AvgIpc) is 2.88. The first kappa shape index (κ1) is 15.8. The van der Waals surface area contributed by atoms with Crippen LogP contribution in [0.25, 0.3) is 0 Å². The van der Waals surface area contributed by atoms with Crippen LogP contribution in [0.5, 0.6) is 0 Å². The van der Waals surface area contributed by atoms with Crippen molar-refractivity contribution in [1.82, 2.24) is 4.90 Å². The van der Waals surface area contributed by atoms with Gasteiger partial charge in [0.1, 0.15) is 11.4 Å². The molecule has 1 aromatic rings. The number of carbonyl (C=O) groups is 2. The van der Waals surface area contributed by atoms with E-state index in [0.717, 1.165) is 0 Å². The summed E-state index contributed by atoms with van der Waals surface area (Å²) in [5.74, 6) is -1.59. The van der Waals surface area contributed by atoms with E-state index >= 15 is 0 Å². The summed E-state index contributed by atoms with van der Waals surface area (Å²) in [7, 11) is 0. The third-order valence-electron chi connectivity index (χ3n) is 3.89. The van der Waals surface area contributed by atoms with Crippen LogP contribution < -0.4 is 5.32 Å². The summed E-state index contributed by atoms with van der Waals surface area (Å²) in [5.41, 5.74) is -1.18. The molecule has 0 bridgehead atoms. The zero-order valence-electron chi connectivity index (χ0n) is 11.5. The minimum Gasteiger partial charge on any atom is -0.479 e. The van der Waals surface area contributed by atoms with Crippen LogP contribution in [0.1, 0.15) is 26.2 Å². The number of carbonyl (C=O) groups excluding carboxylic acids is 1. The average molecular weight is 359 g/mol. The molecule has 1 aromatic carbocycles. The van der Waals surface area contributed by atoms with Gasteiger partial charge in [0, 0.05) is 11.0 Å². The van der Waals surface area contributed by atoms with Crippen molar-refractivity contribution in [2.45, 2.75) is 31.7 Å². The molecule has 0 aliphatic carbocycles. The van der Waals surface area contributed by atoms with Gasteiger partial charge < -0.3 is 15.3 Å². The molecular formula is C14H16BrFN2O3. The summed E-state index contributed by atoms with van der Waals surface area (Å²) in [5, 5.41) is 11.9. The van der Waals surface area contributed by atoms with Gasteiger partial charge in [-0.25, -0.2) is 14.0 Å². The van der Waals surface area contributed by atoms with E-state index in [1.54, 1.807) is 6.92 Å². The van der Waals surface area contributed by atoms with Crippen molar-refractivity contribution in [3.8, 4) is 0 Å². The standard InChI is InChI=1S/C14H16BrFN2O3/c1-2-14(12(19)20)6-3-7-18(14)13(21)17-11-8-9(15)4-5-10(11)16/h4-5,8H,2-3,6-7H2,1H3,(H,17,21)(H,19,20). The van der Waals surface area contributed by atoms with E-state index in [9.17, 15) is 19.1 Å². The Balaban J connectivity index is 2.23. The number of nitrogens with zero attached hydrogens (tertiary/aromatic N) is 1. The number of carboxylic acid groups (broad SMARTS) is 1. The predicted molar refractivity (Wildman–Crippen MR) is 79.7 cm³/mol. The molecule has 1 fully saturated rings. The normalized spacial score (nSPS) is 21.4. The molecule has 1 atom stereocenters. The molecule has 0 spiro atoms. The highest BCUT2D eigenvalue weighted by Crippen LogP contribution is 2.33. The summed E-state index contributed by atoms with van der Waals surface area (Å²) in [6.07, 6.45) is 1.35. The molecule has 1 aliphatic heterocycles.